The van der Waals surface area contributed by atoms with Crippen molar-refractivity contribution in [2.24, 2.45) is 0 Å². The standard InChI is InChI=1S/C38H34O8S/c1-43-31-9-7-25-19-29(5-3-27(25)21-31)35-23-33(11-13-37(35)45-17-15-39)47(41,42)34-12-14-38(46-18-16-40)36(24-34)30-6-4-28-22-32(44-2)10-8-26(28)20-30/h3-14,19-24,39-40H,15-18H2,1-2H3. The van der Waals surface area contributed by atoms with E-state index in [0.29, 0.717) is 22.6 Å². The van der Waals surface area contributed by atoms with Gasteiger partial charge in [-0.15, -0.1) is 0 Å². The van der Waals surface area contributed by atoms with Crippen molar-refractivity contribution in [2.75, 3.05) is 40.6 Å². The average Bonchev–Trinajstić information content (AvgIpc) is 3.11. The molecular formula is C38H34O8S. The van der Waals surface area contributed by atoms with Crippen molar-refractivity contribution in [2.45, 2.75) is 9.79 Å². The second-order valence-corrected chi connectivity index (χ2v) is 12.8. The number of sulfone groups is 1. The van der Waals surface area contributed by atoms with Gasteiger partial charge in [-0.1, -0.05) is 36.4 Å². The number of aliphatic hydroxyl groups excluding tert-OH is 2. The Balaban J connectivity index is 1.44. The van der Waals surface area contributed by atoms with E-state index in [1.165, 1.54) is 12.1 Å². The molecule has 6 aromatic rings. The maximum Gasteiger partial charge on any atom is 0.206 e. The Morgan fingerprint density at radius 1 is 0.511 bits per heavy atom. The minimum atomic E-state index is -4.02. The van der Waals surface area contributed by atoms with Gasteiger partial charge in [-0.3, -0.25) is 0 Å². The van der Waals surface area contributed by atoms with Crippen LogP contribution < -0.4 is 18.9 Å². The molecule has 0 aromatic heterocycles. The van der Waals surface area contributed by atoms with Gasteiger partial charge < -0.3 is 29.2 Å². The Morgan fingerprint density at radius 3 is 1.32 bits per heavy atom. The summed E-state index contributed by atoms with van der Waals surface area (Å²) < 4.78 is 50.8. The third-order valence-corrected chi connectivity index (χ3v) is 9.69. The maximum atomic E-state index is 14.2. The Labute approximate surface area is 273 Å². The van der Waals surface area contributed by atoms with E-state index < -0.39 is 9.84 Å². The molecule has 0 heterocycles. The first kappa shape index (κ1) is 31.9. The molecule has 9 heteroatoms. The number of aliphatic hydroxyl groups is 2. The summed E-state index contributed by atoms with van der Waals surface area (Å²) in [6.45, 7) is -0.262. The van der Waals surface area contributed by atoms with E-state index in [0.717, 1.165) is 44.2 Å². The summed E-state index contributed by atoms with van der Waals surface area (Å²) in [6, 6.07) is 32.6. The van der Waals surface area contributed by atoms with Gasteiger partial charge in [0.15, 0.2) is 0 Å². The normalized spacial score (nSPS) is 11.5. The number of fused-ring (bicyclic) bond motifs is 2. The molecule has 0 saturated carbocycles. The summed E-state index contributed by atoms with van der Waals surface area (Å²) in [6.07, 6.45) is 0. The molecule has 0 aliphatic rings. The van der Waals surface area contributed by atoms with Crippen LogP contribution in [0.5, 0.6) is 23.0 Å². The maximum absolute atomic E-state index is 14.2. The van der Waals surface area contributed by atoms with E-state index in [9.17, 15) is 18.6 Å². The van der Waals surface area contributed by atoms with Crippen LogP contribution in [-0.2, 0) is 9.84 Å². The van der Waals surface area contributed by atoms with Crippen molar-refractivity contribution in [3.05, 3.63) is 109 Å². The zero-order valence-corrected chi connectivity index (χ0v) is 26.8. The van der Waals surface area contributed by atoms with Gasteiger partial charge in [0.25, 0.3) is 0 Å². The second kappa shape index (κ2) is 13.7. The SMILES string of the molecule is COc1ccc2cc(-c3cc(S(=O)(=O)c4ccc(OCCO)c(-c5ccc6cc(OC)ccc6c5)c4)ccc3OCCO)ccc2c1. The van der Waals surface area contributed by atoms with E-state index in [1.54, 1.807) is 38.5 Å². The van der Waals surface area contributed by atoms with Gasteiger partial charge in [-0.2, -0.15) is 0 Å². The summed E-state index contributed by atoms with van der Waals surface area (Å²) >= 11 is 0. The van der Waals surface area contributed by atoms with E-state index in [1.807, 2.05) is 72.8 Å². The lowest BCUT2D eigenvalue weighted by Gasteiger charge is -2.16. The molecule has 6 rings (SSSR count). The molecular weight excluding hydrogens is 616 g/mol. The van der Waals surface area contributed by atoms with E-state index >= 15 is 0 Å². The predicted octanol–water partition coefficient (Wildman–Crippen LogP) is 6.92. The van der Waals surface area contributed by atoms with Crippen molar-refractivity contribution in [3.63, 3.8) is 0 Å². The van der Waals surface area contributed by atoms with Crippen molar-refractivity contribution >= 4 is 31.4 Å². The molecule has 0 fully saturated rings. The number of hydrogen-bond acceptors (Lipinski definition) is 8. The van der Waals surface area contributed by atoms with Crippen LogP contribution in [0.15, 0.2) is 119 Å². The van der Waals surface area contributed by atoms with Crippen molar-refractivity contribution in [3.8, 4) is 45.3 Å². The van der Waals surface area contributed by atoms with E-state index in [-0.39, 0.29) is 36.2 Å². The minimum Gasteiger partial charge on any atom is -0.497 e. The van der Waals surface area contributed by atoms with Gasteiger partial charge in [0.2, 0.25) is 9.84 Å². The average molecular weight is 651 g/mol. The fraction of sp³-hybridized carbons (Fsp3) is 0.158. The molecule has 0 aliphatic heterocycles. The van der Waals surface area contributed by atoms with E-state index in [2.05, 4.69) is 0 Å². The second-order valence-electron chi connectivity index (χ2n) is 10.8. The number of hydrogen-bond donors (Lipinski definition) is 2. The first-order valence-electron chi connectivity index (χ1n) is 15.0. The molecule has 0 radical (unpaired) electrons. The van der Waals surface area contributed by atoms with Crippen LogP contribution in [0.4, 0.5) is 0 Å². The highest BCUT2D eigenvalue weighted by Crippen LogP contribution is 2.39. The highest BCUT2D eigenvalue weighted by Gasteiger charge is 2.23. The molecule has 0 aliphatic carbocycles. The van der Waals surface area contributed by atoms with Crippen LogP contribution in [0, 0.1) is 0 Å². The van der Waals surface area contributed by atoms with Crippen LogP contribution in [0.1, 0.15) is 0 Å². The smallest absolute Gasteiger partial charge is 0.206 e. The Bertz CT molecular complexity index is 2030. The largest absolute Gasteiger partial charge is 0.497 e. The summed E-state index contributed by atoms with van der Waals surface area (Å²) in [5.74, 6) is 2.38. The van der Waals surface area contributed by atoms with Gasteiger partial charge in [0.05, 0.1) is 37.2 Å². The zero-order chi connectivity index (χ0) is 33.0. The molecule has 2 N–H and O–H groups in total. The first-order chi connectivity index (χ1) is 22.8. The van der Waals surface area contributed by atoms with E-state index in [4.69, 9.17) is 18.9 Å². The zero-order valence-electron chi connectivity index (χ0n) is 26.0. The fourth-order valence-corrected chi connectivity index (χ4v) is 6.85. The summed E-state index contributed by atoms with van der Waals surface area (Å²) in [7, 11) is -0.790. The van der Waals surface area contributed by atoms with Crippen LogP contribution >= 0.6 is 0 Å². The number of methoxy groups -OCH3 is 2. The fourth-order valence-electron chi connectivity index (χ4n) is 5.54. The molecule has 0 atom stereocenters. The van der Waals surface area contributed by atoms with Crippen molar-refractivity contribution < 1.29 is 37.6 Å². The van der Waals surface area contributed by atoms with Gasteiger partial charge >= 0.3 is 0 Å². The first-order valence-corrected chi connectivity index (χ1v) is 16.5. The van der Waals surface area contributed by atoms with Crippen molar-refractivity contribution in [1.29, 1.82) is 0 Å². The third kappa shape index (κ3) is 6.59. The van der Waals surface area contributed by atoms with Crippen LogP contribution in [-0.4, -0.2) is 59.3 Å². The van der Waals surface area contributed by atoms with Crippen LogP contribution in [0.3, 0.4) is 0 Å². The van der Waals surface area contributed by atoms with Crippen LogP contribution in [0.2, 0.25) is 0 Å². The molecule has 240 valence electrons. The molecule has 0 unspecified atom stereocenters. The quantitative estimate of drug-likeness (QED) is 0.147. The van der Waals surface area contributed by atoms with Gasteiger partial charge in [-0.25, -0.2) is 8.42 Å². The Morgan fingerprint density at radius 2 is 0.915 bits per heavy atom. The molecule has 0 bridgehead atoms. The Hall–Kier alpha value is -5.09. The Kier molecular flexibility index (Phi) is 9.31. The summed E-state index contributed by atoms with van der Waals surface area (Å²) in [5.41, 5.74) is 2.67. The van der Waals surface area contributed by atoms with Gasteiger partial charge in [0.1, 0.15) is 36.2 Å². The highest BCUT2D eigenvalue weighted by atomic mass is 32.2. The molecule has 6 aromatic carbocycles. The summed E-state index contributed by atoms with van der Waals surface area (Å²) in [5, 5.41) is 22.7. The van der Waals surface area contributed by atoms with Crippen LogP contribution in [0.25, 0.3) is 43.8 Å². The minimum absolute atomic E-state index is 0.0566. The van der Waals surface area contributed by atoms with Crippen molar-refractivity contribution in [1.82, 2.24) is 0 Å². The van der Waals surface area contributed by atoms with Gasteiger partial charge in [-0.05, 0) is 105 Å². The lowest BCUT2D eigenvalue weighted by molar-refractivity contribution is 0.202. The number of benzene rings is 6. The molecule has 47 heavy (non-hydrogen) atoms. The third-order valence-electron chi connectivity index (χ3n) is 7.94. The lowest BCUT2D eigenvalue weighted by Crippen LogP contribution is -2.07. The molecule has 0 saturated heterocycles. The lowest BCUT2D eigenvalue weighted by atomic mass is 10.0. The topological polar surface area (TPSA) is 112 Å². The predicted molar refractivity (Wildman–Crippen MR) is 182 cm³/mol. The number of ether oxygens (including phenoxy) is 4. The molecule has 8 nitrogen and oxygen atoms in total. The number of rotatable bonds is 12. The summed E-state index contributed by atoms with van der Waals surface area (Å²) in [4.78, 5) is 0.165. The molecule has 0 amide bonds. The monoisotopic (exact) mass is 650 g/mol. The molecule has 0 spiro atoms. The highest BCUT2D eigenvalue weighted by molar-refractivity contribution is 7.91. The van der Waals surface area contributed by atoms with Gasteiger partial charge in [0, 0.05) is 11.1 Å².